The van der Waals surface area contributed by atoms with Crippen molar-refractivity contribution in [2.24, 2.45) is 0 Å². The minimum absolute atomic E-state index is 0.160. The number of nitrogens with one attached hydrogen (secondary N) is 2. The molecule has 0 radical (unpaired) electrons. The molecule has 2 aromatic carbocycles. The van der Waals surface area contributed by atoms with E-state index in [-0.39, 0.29) is 5.82 Å². The lowest BCUT2D eigenvalue weighted by molar-refractivity contribution is 0.395. The number of thiocarbonyl (C=S) groups is 1. The maximum Gasteiger partial charge on any atom is 0.170 e. The fourth-order valence-electron chi connectivity index (χ4n) is 2.10. The van der Waals surface area contributed by atoms with Crippen LogP contribution in [0.1, 0.15) is 5.56 Å². The van der Waals surface area contributed by atoms with Crippen molar-refractivity contribution in [1.82, 2.24) is 5.32 Å². The van der Waals surface area contributed by atoms with Gasteiger partial charge in [0.05, 0.1) is 19.9 Å². The minimum Gasteiger partial charge on any atom is -0.497 e. The van der Waals surface area contributed by atoms with E-state index in [4.69, 9.17) is 21.7 Å². The van der Waals surface area contributed by atoms with Crippen molar-refractivity contribution in [1.29, 1.82) is 0 Å². The quantitative estimate of drug-likeness (QED) is 0.532. The summed E-state index contributed by atoms with van der Waals surface area (Å²) in [5, 5.41) is 6.74. The molecule has 2 aromatic rings. The Labute approximate surface area is 157 Å². The van der Waals surface area contributed by atoms with Gasteiger partial charge in [-0.2, -0.15) is 11.8 Å². The van der Waals surface area contributed by atoms with Gasteiger partial charge in [-0.3, -0.25) is 0 Å². The first-order chi connectivity index (χ1) is 12.1. The Morgan fingerprint density at radius 2 is 1.96 bits per heavy atom. The van der Waals surface area contributed by atoms with Crippen LogP contribution in [0.5, 0.6) is 11.5 Å². The first-order valence-electron chi connectivity index (χ1n) is 7.72. The molecular weight excluding hydrogens is 359 g/mol. The SMILES string of the molecule is COc1ccc(NC(=S)NCCSCc2ccccc2F)c(OC)c1. The fourth-order valence-corrected chi connectivity index (χ4v) is 3.16. The highest BCUT2D eigenvalue weighted by Crippen LogP contribution is 2.28. The molecule has 0 aromatic heterocycles. The Bertz CT molecular complexity index is 713. The molecule has 0 fully saturated rings. The largest absolute Gasteiger partial charge is 0.497 e. The van der Waals surface area contributed by atoms with Gasteiger partial charge in [0.25, 0.3) is 0 Å². The van der Waals surface area contributed by atoms with Crippen molar-refractivity contribution in [3.63, 3.8) is 0 Å². The third-order valence-corrected chi connectivity index (χ3v) is 4.66. The summed E-state index contributed by atoms with van der Waals surface area (Å²) in [6, 6.07) is 12.3. The van der Waals surface area contributed by atoms with E-state index >= 15 is 0 Å². The molecule has 0 heterocycles. The number of methoxy groups -OCH3 is 2. The van der Waals surface area contributed by atoms with Crippen LogP contribution in [-0.2, 0) is 5.75 Å². The van der Waals surface area contributed by atoms with E-state index < -0.39 is 0 Å². The van der Waals surface area contributed by atoms with Crippen molar-refractivity contribution >= 4 is 34.8 Å². The van der Waals surface area contributed by atoms with Crippen LogP contribution in [0, 0.1) is 5.82 Å². The third-order valence-electron chi connectivity index (χ3n) is 3.40. The van der Waals surface area contributed by atoms with Crippen molar-refractivity contribution < 1.29 is 13.9 Å². The van der Waals surface area contributed by atoms with Crippen molar-refractivity contribution in [3.8, 4) is 11.5 Å². The van der Waals surface area contributed by atoms with Gasteiger partial charge in [0.15, 0.2) is 5.11 Å². The Balaban J connectivity index is 1.73. The van der Waals surface area contributed by atoms with Crippen LogP contribution in [0.25, 0.3) is 0 Å². The highest BCUT2D eigenvalue weighted by Gasteiger charge is 2.06. The first-order valence-corrected chi connectivity index (χ1v) is 9.28. The molecular formula is C18H21FN2O2S2. The van der Waals surface area contributed by atoms with Crippen LogP contribution < -0.4 is 20.1 Å². The summed E-state index contributed by atoms with van der Waals surface area (Å²) in [5.74, 6) is 2.66. The lowest BCUT2D eigenvalue weighted by atomic mass is 10.2. The van der Waals surface area contributed by atoms with E-state index in [1.54, 1.807) is 44.2 Å². The van der Waals surface area contributed by atoms with Crippen molar-refractivity contribution in [2.75, 3.05) is 31.8 Å². The zero-order valence-corrected chi connectivity index (χ0v) is 15.8. The molecule has 0 spiro atoms. The summed E-state index contributed by atoms with van der Waals surface area (Å²) in [6.45, 7) is 0.684. The molecule has 0 aliphatic rings. The minimum atomic E-state index is -0.160. The van der Waals surface area contributed by atoms with Crippen molar-refractivity contribution in [3.05, 3.63) is 53.8 Å². The molecule has 0 saturated carbocycles. The Morgan fingerprint density at radius 1 is 1.16 bits per heavy atom. The zero-order chi connectivity index (χ0) is 18.1. The number of anilines is 1. The van der Waals surface area contributed by atoms with E-state index in [1.807, 2.05) is 18.2 Å². The average Bonchev–Trinajstić information content (AvgIpc) is 2.63. The van der Waals surface area contributed by atoms with Gasteiger partial charge < -0.3 is 20.1 Å². The second-order valence-electron chi connectivity index (χ2n) is 5.09. The van der Waals surface area contributed by atoms with Crippen LogP contribution in [0.2, 0.25) is 0 Å². The van der Waals surface area contributed by atoms with Crippen LogP contribution in [0.3, 0.4) is 0 Å². The second kappa shape index (κ2) is 10.1. The highest BCUT2D eigenvalue weighted by atomic mass is 32.2. The monoisotopic (exact) mass is 380 g/mol. The van der Waals surface area contributed by atoms with Crippen LogP contribution in [0.15, 0.2) is 42.5 Å². The summed E-state index contributed by atoms with van der Waals surface area (Å²) in [7, 11) is 3.20. The van der Waals surface area contributed by atoms with E-state index in [0.717, 1.165) is 17.0 Å². The number of benzene rings is 2. The molecule has 0 atom stereocenters. The number of hydrogen-bond donors (Lipinski definition) is 2. The summed E-state index contributed by atoms with van der Waals surface area (Å²) >= 11 is 6.94. The first kappa shape index (κ1) is 19.3. The number of halogens is 1. The maximum absolute atomic E-state index is 13.5. The molecule has 0 aliphatic carbocycles. The molecule has 0 unspecified atom stereocenters. The van der Waals surface area contributed by atoms with Gasteiger partial charge in [-0.15, -0.1) is 0 Å². The van der Waals surface area contributed by atoms with E-state index in [2.05, 4.69) is 10.6 Å². The van der Waals surface area contributed by atoms with Gasteiger partial charge in [0.2, 0.25) is 0 Å². The predicted molar refractivity (Wildman–Crippen MR) is 106 cm³/mol. The third kappa shape index (κ3) is 6.10. The molecule has 4 nitrogen and oxygen atoms in total. The number of thioether (sulfide) groups is 1. The Kier molecular flexibility index (Phi) is 7.81. The molecule has 2 N–H and O–H groups in total. The second-order valence-corrected chi connectivity index (χ2v) is 6.60. The number of ether oxygens (including phenoxy) is 2. The fraction of sp³-hybridized carbons (Fsp3) is 0.278. The predicted octanol–water partition coefficient (Wildman–Crippen LogP) is 4.06. The van der Waals surface area contributed by atoms with Crippen LogP contribution in [0.4, 0.5) is 10.1 Å². The van der Waals surface area contributed by atoms with E-state index in [0.29, 0.717) is 28.9 Å². The molecule has 25 heavy (non-hydrogen) atoms. The van der Waals surface area contributed by atoms with Crippen LogP contribution in [-0.4, -0.2) is 31.6 Å². The number of rotatable bonds is 8. The van der Waals surface area contributed by atoms with Gasteiger partial charge in [0.1, 0.15) is 17.3 Å². The Hall–Kier alpha value is -1.99. The lowest BCUT2D eigenvalue weighted by Crippen LogP contribution is -2.30. The Morgan fingerprint density at radius 3 is 2.68 bits per heavy atom. The van der Waals surface area contributed by atoms with Gasteiger partial charge in [-0.1, -0.05) is 18.2 Å². The summed E-state index contributed by atoms with van der Waals surface area (Å²) in [5.41, 5.74) is 1.48. The van der Waals surface area contributed by atoms with Crippen LogP contribution >= 0.6 is 24.0 Å². The summed E-state index contributed by atoms with van der Waals surface area (Å²) < 4.78 is 24.0. The highest BCUT2D eigenvalue weighted by molar-refractivity contribution is 7.98. The summed E-state index contributed by atoms with van der Waals surface area (Å²) in [6.07, 6.45) is 0. The van der Waals surface area contributed by atoms with E-state index in [1.165, 1.54) is 6.07 Å². The maximum atomic E-state index is 13.5. The normalized spacial score (nSPS) is 10.2. The molecule has 0 aliphatic heterocycles. The molecule has 7 heteroatoms. The lowest BCUT2D eigenvalue weighted by Gasteiger charge is -2.14. The van der Waals surface area contributed by atoms with Gasteiger partial charge in [-0.25, -0.2) is 4.39 Å². The zero-order valence-electron chi connectivity index (χ0n) is 14.2. The smallest absolute Gasteiger partial charge is 0.170 e. The van der Waals surface area contributed by atoms with Gasteiger partial charge in [-0.05, 0) is 36.0 Å². The van der Waals surface area contributed by atoms with Gasteiger partial charge in [0, 0.05) is 24.1 Å². The molecule has 0 bridgehead atoms. The topological polar surface area (TPSA) is 42.5 Å². The van der Waals surface area contributed by atoms with Crippen molar-refractivity contribution in [2.45, 2.75) is 5.75 Å². The molecule has 0 saturated heterocycles. The molecule has 134 valence electrons. The van der Waals surface area contributed by atoms with E-state index in [9.17, 15) is 4.39 Å². The molecule has 0 amide bonds. The van der Waals surface area contributed by atoms with Gasteiger partial charge >= 0.3 is 0 Å². The summed E-state index contributed by atoms with van der Waals surface area (Å²) in [4.78, 5) is 0. The number of hydrogen-bond acceptors (Lipinski definition) is 4. The molecule has 2 rings (SSSR count). The average molecular weight is 381 g/mol. The standard InChI is InChI=1S/C18H21FN2O2S2/c1-22-14-7-8-16(17(11-14)23-2)21-18(24)20-9-10-25-12-13-5-3-4-6-15(13)19/h3-8,11H,9-10,12H2,1-2H3,(H2,20,21,24).